The maximum atomic E-state index is 8.89. The quantitative estimate of drug-likeness (QED) is 0.314. The number of hydrogen-bond donors (Lipinski definition) is 0. The van der Waals surface area contributed by atoms with Crippen LogP contribution in [0.2, 0.25) is 0 Å². The Morgan fingerprint density at radius 2 is 0.688 bits per heavy atom. The number of hydrogen-bond acceptors (Lipinski definition) is 6. The number of carboxylic acid groups (broad SMARTS) is 3. The van der Waals surface area contributed by atoms with Crippen LogP contribution in [-0.4, -0.2) is 17.9 Å². The monoisotopic (exact) mass is 473 g/mol. The van der Waals surface area contributed by atoms with Gasteiger partial charge in [0.15, 0.2) is 0 Å². The predicted octanol–water partition coefficient (Wildman–Crippen LogP) is -6.96. The molecule has 0 aliphatic carbocycles. The van der Waals surface area contributed by atoms with Gasteiger partial charge in [0.05, 0.1) is 0 Å². The fraction of sp³-hybridized carbons (Fsp3) is 0.500. The summed E-state index contributed by atoms with van der Waals surface area (Å²) in [5.74, 6) is -3.25. The van der Waals surface area contributed by atoms with Crippen molar-refractivity contribution in [2.45, 2.75) is 20.8 Å². The Morgan fingerprint density at radius 1 is 0.688 bits per heavy atom. The predicted molar refractivity (Wildman–Crippen MR) is 33.4 cm³/mol. The van der Waals surface area contributed by atoms with E-state index in [9.17, 15) is 0 Å². The van der Waals surface area contributed by atoms with Crippen LogP contribution in [0.15, 0.2) is 0 Å². The van der Waals surface area contributed by atoms with Gasteiger partial charge in [-0.2, -0.15) is 0 Å². The van der Waals surface area contributed by atoms with Crippen LogP contribution in [0.4, 0.5) is 0 Å². The Bertz CT molecular complexity index is 122. The van der Waals surface area contributed by atoms with Gasteiger partial charge >= 0.3 is 29.6 Å². The topological polar surface area (TPSA) is 177 Å². The van der Waals surface area contributed by atoms with Gasteiger partial charge in [-0.3, -0.25) is 0 Å². The average molecular weight is 475 g/mol. The van der Waals surface area contributed by atoms with E-state index in [0.717, 1.165) is 20.8 Å². The van der Waals surface area contributed by atoms with Crippen molar-refractivity contribution < 1.29 is 84.5 Å². The summed E-state index contributed by atoms with van der Waals surface area (Å²) in [6, 6.07) is 0. The smallest absolute Gasteiger partial charge is 1.00 e. The van der Waals surface area contributed by atoms with Crippen molar-refractivity contribution in [3.05, 3.63) is 0 Å². The fourth-order valence-corrected chi connectivity index (χ4v) is 0. The average Bonchev–Trinajstić information content (AvgIpc) is 1.54. The van der Waals surface area contributed by atoms with E-state index in [1.807, 2.05) is 0 Å². The molecule has 0 N–H and O–H groups in total. The third-order valence-electron chi connectivity index (χ3n) is 0. The molecule has 0 heterocycles. The third-order valence-corrected chi connectivity index (χ3v) is 0. The Morgan fingerprint density at radius 3 is 0.688 bits per heavy atom. The van der Waals surface area contributed by atoms with Crippen LogP contribution >= 0.6 is 0 Å². The standard InChI is InChI=1S/3C2H4O2.Am.Na.2O/c3*1-2(3)4;;;;/h3*1H3,(H,3,4);;;;/q;;;;+1;2*-2/p-3. The van der Waals surface area contributed by atoms with Crippen LogP contribution < -0.4 is 44.9 Å². The van der Waals surface area contributed by atoms with Gasteiger partial charge in [0.1, 0.15) is 0 Å². The Balaban J connectivity index is -0.0000000135. The molecule has 16 heavy (non-hydrogen) atoms. The van der Waals surface area contributed by atoms with Crippen LogP contribution in [0.1, 0.15) is 20.8 Å². The SMILES string of the molecule is CC(=O)[O-].CC(=O)[O-].CC(=O)[O-].[Am].[Na+].[O-2].[O-2]. The molecule has 0 aromatic heterocycles. The number of carboxylic acids is 3. The number of rotatable bonds is 0. The first-order chi connectivity index (χ1) is 5.20. The van der Waals surface area contributed by atoms with Crippen LogP contribution in [0.25, 0.3) is 0 Å². The summed E-state index contributed by atoms with van der Waals surface area (Å²) in [6.07, 6.45) is 0. The maximum absolute atomic E-state index is 8.89. The third kappa shape index (κ3) is 28200. The molecule has 1 radical (unpaired) electrons. The Labute approximate surface area is 123 Å². The fourth-order valence-electron chi connectivity index (χ4n) is 0. The Kier molecular flexibility index (Phi) is 102. The largest absolute Gasteiger partial charge is 2.00 e. The normalized spacial score (nSPS) is 4.69. The summed E-state index contributed by atoms with van der Waals surface area (Å²) in [5, 5.41) is 26.7. The van der Waals surface area contributed by atoms with Gasteiger partial charge in [-0.05, 0) is 20.8 Å². The molecule has 0 aromatic rings. The molecule has 0 rings (SSSR count). The minimum Gasteiger partial charge on any atom is -2.00 e. The van der Waals surface area contributed by atoms with Crippen LogP contribution in [0, 0.1) is 14.3 Å². The van der Waals surface area contributed by atoms with Gasteiger partial charge in [0, 0.05) is 32.2 Å². The number of aliphatic carboxylic acids is 3. The molecule has 0 aliphatic rings. The van der Waals surface area contributed by atoms with Crippen molar-refractivity contribution in [2.24, 2.45) is 0 Å². The molecule has 0 amide bonds. The van der Waals surface area contributed by atoms with Crippen molar-refractivity contribution in [3.63, 3.8) is 0 Å². The van der Waals surface area contributed by atoms with E-state index in [2.05, 4.69) is 0 Å². The summed E-state index contributed by atoms with van der Waals surface area (Å²) in [7, 11) is 0. The van der Waals surface area contributed by atoms with E-state index in [1.54, 1.807) is 0 Å². The van der Waals surface area contributed by atoms with Crippen molar-refractivity contribution in [1.29, 1.82) is 0 Å². The molecule has 0 fully saturated rings. The van der Waals surface area contributed by atoms with E-state index in [-0.39, 0.29) is 54.8 Å². The van der Waals surface area contributed by atoms with E-state index < -0.39 is 17.9 Å². The minimum atomic E-state index is -1.08. The molecule has 0 bridgehead atoms. The van der Waals surface area contributed by atoms with Crippen LogP contribution in [0.5, 0.6) is 0 Å². The zero-order valence-electron chi connectivity index (χ0n) is 9.14. The molecule has 0 saturated carbocycles. The first kappa shape index (κ1) is 44.8. The summed E-state index contributed by atoms with van der Waals surface area (Å²) >= 11 is 0. The summed E-state index contributed by atoms with van der Waals surface area (Å²) in [5.41, 5.74) is 0. The van der Waals surface area contributed by atoms with Crippen molar-refractivity contribution in [1.82, 2.24) is 0 Å². The van der Waals surface area contributed by atoms with Gasteiger partial charge in [0.25, 0.3) is 0 Å². The zero-order chi connectivity index (χ0) is 10.7. The van der Waals surface area contributed by atoms with E-state index >= 15 is 0 Å². The summed E-state index contributed by atoms with van der Waals surface area (Å²) < 4.78 is 0. The van der Waals surface area contributed by atoms with Gasteiger partial charge < -0.3 is 40.7 Å². The van der Waals surface area contributed by atoms with Gasteiger partial charge in [-0.1, -0.05) is 0 Å². The summed E-state index contributed by atoms with van der Waals surface area (Å²) in [4.78, 5) is 26.7. The Hall–Kier alpha value is -0.280. The van der Waals surface area contributed by atoms with Gasteiger partial charge in [-0.15, -0.1) is 0 Å². The molecule has 0 aliphatic heterocycles. The second-order valence-corrected chi connectivity index (χ2v) is 1.47. The second kappa shape index (κ2) is 36.4. The molecular weight excluding hydrogens is 466 g/mol. The number of carbonyl (C=O) groups excluding carboxylic acids is 3. The zero-order valence-corrected chi connectivity index (χ0v) is 14.3. The van der Waals surface area contributed by atoms with E-state index in [1.165, 1.54) is 0 Å². The van der Waals surface area contributed by atoms with Gasteiger partial charge in [0.2, 0.25) is 0 Å². The first-order valence-corrected chi connectivity index (χ1v) is 2.72. The maximum Gasteiger partial charge on any atom is 1.00 e. The first-order valence-electron chi connectivity index (χ1n) is 2.72. The molecular formula is C6H9AmNaO8-6. The van der Waals surface area contributed by atoms with E-state index in [0.29, 0.717) is 0 Å². The molecule has 8 nitrogen and oxygen atoms in total. The second-order valence-electron chi connectivity index (χ2n) is 1.47. The molecule has 95 valence electrons. The van der Waals surface area contributed by atoms with Gasteiger partial charge in [-0.25, -0.2) is 0 Å². The molecule has 0 spiro atoms. The van der Waals surface area contributed by atoms with Crippen molar-refractivity contribution in [3.8, 4) is 0 Å². The minimum absolute atomic E-state index is 0. The van der Waals surface area contributed by atoms with Crippen LogP contribution in [0.3, 0.4) is 0 Å². The molecule has 0 saturated heterocycles. The van der Waals surface area contributed by atoms with Crippen molar-refractivity contribution >= 4 is 17.9 Å². The number of carbonyl (C=O) groups is 3. The van der Waals surface area contributed by atoms with Crippen LogP contribution in [-0.2, 0) is 25.3 Å². The summed E-state index contributed by atoms with van der Waals surface area (Å²) in [6.45, 7) is 2.92. The molecule has 0 aromatic carbocycles. The molecule has 0 atom stereocenters. The molecule has 10 heteroatoms. The van der Waals surface area contributed by atoms with E-state index in [4.69, 9.17) is 29.7 Å². The van der Waals surface area contributed by atoms with Crippen molar-refractivity contribution in [2.75, 3.05) is 0 Å². The molecule has 0 unspecified atom stereocenters.